The van der Waals surface area contributed by atoms with Crippen molar-refractivity contribution in [2.75, 3.05) is 5.75 Å². The van der Waals surface area contributed by atoms with E-state index >= 15 is 0 Å². The van der Waals surface area contributed by atoms with E-state index in [1.54, 1.807) is 0 Å². The molecular weight excluding hydrogens is 214 g/mol. The van der Waals surface area contributed by atoms with Gasteiger partial charge in [0.05, 0.1) is 0 Å². The first-order chi connectivity index (χ1) is 7.93. The lowest BCUT2D eigenvalue weighted by Crippen LogP contribution is -1.93. The van der Waals surface area contributed by atoms with E-state index in [4.69, 9.17) is 0 Å². The van der Waals surface area contributed by atoms with Gasteiger partial charge >= 0.3 is 0 Å². The van der Waals surface area contributed by atoms with Gasteiger partial charge in [0.2, 0.25) is 0 Å². The van der Waals surface area contributed by atoms with Gasteiger partial charge in [-0.2, -0.15) is 12.6 Å². The molecule has 0 unspecified atom stereocenters. The highest BCUT2D eigenvalue weighted by atomic mass is 32.1. The van der Waals surface area contributed by atoms with E-state index in [0.717, 1.165) is 5.75 Å². The molecule has 1 aromatic heterocycles. The van der Waals surface area contributed by atoms with Crippen LogP contribution in [-0.4, -0.2) is 10.3 Å². The molecular formula is C14H25NS. The lowest BCUT2D eigenvalue weighted by Gasteiger charge is -2.03. The summed E-state index contributed by atoms with van der Waals surface area (Å²) in [6, 6.07) is 4.20. The van der Waals surface area contributed by atoms with Crippen LogP contribution in [0.25, 0.3) is 0 Å². The second kappa shape index (κ2) is 9.83. The molecule has 0 aliphatic heterocycles. The van der Waals surface area contributed by atoms with Gasteiger partial charge in [-0.25, -0.2) is 0 Å². The minimum Gasteiger partial charge on any atom is -0.354 e. The molecule has 0 saturated carbocycles. The Kier molecular flexibility index (Phi) is 8.41. The van der Waals surface area contributed by atoms with Crippen molar-refractivity contribution in [2.24, 2.45) is 0 Å². The molecule has 0 aliphatic rings. The van der Waals surface area contributed by atoms with Crippen molar-refractivity contribution in [2.45, 2.75) is 57.9 Å². The monoisotopic (exact) mass is 239 g/mol. The summed E-state index contributed by atoms with van der Waals surface area (Å²) in [5.74, 6) is 1.05. The van der Waals surface area contributed by atoms with Gasteiger partial charge < -0.3 is 4.57 Å². The predicted molar refractivity (Wildman–Crippen MR) is 75.2 cm³/mol. The van der Waals surface area contributed by atoms with Crippen molar-refractivity contribution in [3.8, 4) is 0 Å². The Bertz CT molecular complexity index is 231. The van der Waals surface area contributed by atoms with Crippen molar-refractivity contribution in [1.29, 1.82) is 0 Å². The molecule has 16 heavy (non-hydrogen) atoms. The molecule has 0 bridgehead atoms. The quantitative estimate of drug-likeness (QED) is 0.452. The second-order valence-corrected chi connectivity index (χ2v) is 4.92. The zero-order chi connectivity index (χ0) is 11.5. The van der Waals surface area contributed by atoms with E-state index in [9.17, 15) is 0 Å². The van der Waals surface area contributed by atoms with Gasteiger partial charge in [-0.1, -0.05) is 38.5 Å². The van der Waals surface area contributed by atoms with E-state index < -0.39 is 0 Å². The third-order valence-electron chi connectivity index (χ3n) is 2.99. The minimum atomic E-state index is 1.05. The Morgan fingerprint density at radius 2 is 1.19 bits per heavy atom. The third-order valence-corrected chi connectivity index (χ3v) is 3.31. The summed E-state index contributed by atoms with van der Waals surface area (Å²) in [6.07, 6.45) is 15.3. The summed E-state index contributed by atoms with van der Waals surface area (Å²) in [5.41, 5.74) is 0. The Morgan fingerprint density at radius 3 is 1.75 bits per heavy atom. The van der Waals surface area contributed by atoms with Crippen molar-refractivity contribution in [3.05, 3.63) is 24.5 Å². The fraction of sp³-hybridized carbons (Fsp3) is 0.714. The number of aryl methyl sites for hydroxylation is 1. The highest BCUT2D eigenvalue weighted by Gasteiger charge is 1.92. The van der Waals surface area contributed by atoms with Gasteiger partial charge in [0.15, 0.2) is 0 Å². The van der Waals surface area contributed by atoms with Crippen LogP contribution in [-0.2, 0) is 6.54 Å². The third kappa shape index (κ3) is 7.00. The van der Waals surface area contributed by atoms with E-state index in [2.05, 4.69) is 41.7 Å². The Labute approximate surface area is 106 Å². The first-order valence-corrected chi connectivity index (χ1v) is 7.28. The van der Waals surface area contributed by atoms with Gasteiger partial charge in [-0.3, -0.25) is 0 Å². The molecule has 1 nitrogen and oxygen atoms in total. The van der Waals surface area contributed by atoms with Crippen LogP contribution >= 0.6 is 12.6 Å². The van der Waals surface area contributed by atoms with Gasteiger partial charge in [0.1, 0.15) is 0 Å². The maximum absolute atomic E-state index is 4.22. The second-order valence-electron chi connectivity index (χ2n) is 4.47. The fourth-order valence-electron chi connectivity index (χ4n) is 1.99. The van der Waals surface area contributed by atoms with Crippen LogP contribution in [0.3, 0.4) is 0 Å². The summed E-state index contributed by atoms with van der Waals surface area (Å²) < 4.78 is 2.27. The molecule has 1 heterocycles. The zero-order valence-corrected chi connectivity index (χ0v) is 11.2. The number of hydrogen-bond donors (Lipinski definition) is 1. The van der Waals surface area contributed by atoms with E-state index in [-0.39, 0.29) is 0 Å². The standard InChI is InChI=1S/C14H25NS/c16-14-10-6-4-2-1-3-5-7-11-15-12-8-9-13-15/h8-9,12-13,16H,1-7,10-11,14H2. The van der Waals surface area contributed by atoms with Crippen molar-refractivity contribution in [3.63, 3.8) is 0 Å². The first kappa shape index (κ1) is 13.7. The number of thiol groups is 1. The highest BCUT2D eigenvalue weighted by Crippen LogP contribution is 2.09. The predicted octanol–water partition coefficient (Wildman–Crippen LogP) is 4.54. The van der Waals surface area contributed by atoms with Crippen LogP contribution < -0.4 is 0 Å². The number of aromatic nitrogens is 1. The normalized spacial score (nSPS) is 10.8. The van der Waals surface area contributed by atoms with E-state index in [0.29, 0.717) is 0 Å². The van der Waals surface area contributed by atoms with Crippen LogP contribution in [0, 0.1) is 0 Å². The lowest BCUT2D eigenvalue weighted by molar-refractivity contribution is 0.545. The topological polar surface area (TPSA) is 4.93 Å². The van der Waals surface area contributed by atoms with Gasteiger partial charge in [-0.15, -0.1) is 0 Å². The average Bonchev–Trinajstić information content (AvgIpc) is 2.80. The van der Waals surface area contributed by atoms with Gasteiger partial charge in [0, 0.05) is 18.9 Å². The molecule has 1 aromatic rings. The summed E-state index contributed by atoms with van der Waals surface area (Å²) in [4.78, 5) is 0. The van der Waals surface area contributed by atoms with Crippen LogP contribution in [0.1, 0.15) is 51.4 Å². The maximum atomic E-state index is 4.22. The Morgan fingerprint density at radius 1 is 0.688 bits per heavy atom. The smallest absolute Gasteiger partial charge is 0.0219 e. The van der Waals surface area contributed by atoms with Crippen LogP contribution in [0.5, 0.6) is 0 Å². The van der Waals surface area contributed by atoms with Crippen LogP contribution in [0.2, 0.25) is 0 Å². The molecule has 2 heteroatoms. The molecule has 92 valence electrons. The SMILES string of the molecule is SCCCCCCCCCCn1cccc1. The first-order valence-electron chi connectivity index (χ1n) is 6.65. The minimum absolute atomic E-state index is 1.05. The lowest BCUT2D eigenvalue weighted by atomic mass is 10.1. The molecule has 1 rings (SSSR count). The number of nitrogens with zero attached hydrogens (tertiary/aromatic N) is 1. The largest absolute Gasteiger partial charge is 0.354 e. The van der Waals surface area contributed by atoms with Crippen molar-refractivity contribution < 1.29 is 0 Å². The van der Waals surface area contributed by atoms with E-state index in [1.807, 2.05) is 0 Å². The van der Waals surface area contributed by atoms with Gasteiger partial charge in [-0.05, 0) is 30.7 Å². The summed E-state index contributed by atoms with van der Waals surface area (Å²) >= 11 is 4.22. The Balaban J connectivity index is 1.78. The summed E-state index contributed by atoms with van der Waals surface area (Å²) in [5, 5.41) is 0. The maximum Gasteiger partial charge on any atom is 0.0219 e. The molecule has 0 radical (unpaired) electrons. The van der Waals surface area contributed by atoms with Crippen molar-refractivity contribution >= 4 is 12.6 Å². The summed E-state index contributed by atoms with van der Waals surface area (Å²) in [7, 11) is 0. The highest BCUT2D eigenvalue weighted by molar-refractivity contribution is 7.80. The molecule has 0 aromatic carbocycles. The fourth-order valence-corrected chi connectivity index (χ4v) is 2.21. The molecule has 0 N–H and O–H groups in total. The summed E-state index contributed by atoms with van der Waals surface area (Å²) in [6.45, 7) is 1.19. The Hall–Kier alpha value is -0.370. The number of rotatable bonds is 10. The zero-order valence-electron chi connectivity index (χ0n) is 10.3. The molecule has 0 fully saturated rings. The molecule has 0 aliphatic carbocycles. The van der Waals surface area contributed by atoms with Gasteiger partial charge in [0.25, 0.3) is 0 Å². The molecule has 0 atom stereocenters. The van der Waals surface area contributed by atoms with E-state index in [1.165, 1.54) is 57.9 Å². The number of hydrogen-bond acceptors (Lipinski definition) is 1. The van der Waals surface area contributed by atoms with Crippen LogP contribution in [0.4, 0.5) is 0 Å². The van der Waals surface area contributed by atoms with Crippen molar-refractivity contribution in [1.82, 2.24) is 4.57 Å². The molecule has 0 amide bonds. The van der Waals surface area contributed by atoms with Crippen LogP contribution in [0.15, 0.2) is 24.5 Å². The molecule has 0 saturated heterocycles. The molecule has 0 spiro atoms. The number of unbranched alkanes of at least 4 members (excludes halogenated alkanes) is 7. The average molecular weight is 239 g/mol.